The Kier molecular flexibility index (Phi) is 5.52. The van der Waals surface area contributed by atoms with E-state index in [1.54, 1.807) is 6.20 Å². The summed E-state index contributed by atoms with van der Waals surface area (Å²) in [5, 5.41) is 2.94. The van der Waals surface area contributed by atoms with Gasteiger partial charge in [0.1, 0.15) is 0 Å². The van der Waals surface area contributed by atoms with Crippen molar-refractivity contribution in [1.29, 1.82) is 0 Å². The molecule has 1 atom stereocenters. The molecule has 3 rings (SSSR count). The van der Waals surface area contributed by atoms with Gasteiger partial charge in [-0.3, -0.25) is 4.79 Å². The van der Waals surface area contributed by atoms with Crippen LogP contribution in [0.5, 0.6) is 5.75 Å². The lowest BCUT2D eigenvalue weighted by Crippen LogP contribution is -2.19. The zero-order chi connectivity index (χ0) is 16.1. The number of rotatable bonds is 7. The van der Waals surface area contributed by atoms with Gasteiger partial charge < -0.3 is 10.1 Å². The van der Waals surface area contributed by atoms with Crippen LogP contribution in [-0.4, -0.2) is 17.5 Å². The summed E-state index contributed by atoms with van der Waals surface area (Å²) >= 11 is 0. The van der Waals surface area contributed by atoms with Crippen molar-refractivity contribution in [2.45, 2.75) is 58.3 Å². The van der Waals surface area contributed by atoms with Crippen LogP contribution < -0.4 is 10.1 Å². The molecule has 1 aromatic heterocycles. The molecule has 2 saturated carbocycles. The number of nitrogens with zero attached hydrogens (tertiary/aromatic N) is 1. The molecule has 0 spiro atoms. The molecule has 126 valence electrons. The van der Waals surface area contributed by atoms with Gasteiger partial charge in [-0.1, -0.05) is 26.2 Å². The Morgan fingerprint density at radius 3 is 2.83 bits per heavy atom. The third kappa shape index (κ3) is 4.95. The summed E-state index contributed by atoms with van der Waals surface area (Å²) in [7, 11) is 0. The SMILES string of the molecule is CC(CC(=O)Nc1ncccc1OCC1CCCCC1)C1CC1. The topological polar surface area (TPSA) is 51.2 Å². The number of carbonyl (C=O) groups excluding carboxylic acids is 1. The van der Waals surface area contributed by atoms with Crippen LogP contribution in [0.15, 0.2) is 18.3 Å². The first kappa shape index (κ1) is 16.3. The van der Waals surface area contributed by atoms with E-state index in [9.17, 15) is 4.79 Å². The molecule has 1 aromatic rings. The molecule has 1 N–H and O–H groups in total. The fraction of sp³-hybridized carbons (Fsp3) is 0.684. The molecule has 1 unspecified atom stereocenters. The first-order valence-electron chi connectivity index (χ1n) is 9.10. The Bertz CT molecular complexity index is 522. The lowest BCUT2D eigenvalue weighted by atomic mass is 9.90. The van der Waals surface area contributed by atoms with Gasteiger partial charge in [-0.05, 0) is 55.6 Å². The van der Waals surface area contributed by atoms with Crippen LogP contribution in [0.25, 0.3) is 0 Å². The van der Waals surface area contributed by atoms with Crippen molar-refractivity contribution in [3.8, 4) is 5.75 Å². The van der Waals surface area contributed by atoms with Crippen molar-refractivity contribution in [2.75, 3.05) is 11.9 Å². The molecule has 1 amide bonds. The van der Waals surface area contributed by atoms with Crippen molar-refractivity contribution in [3.05, 3.63) is 18.3 Å². The molecule has 4 heteroatoms. The molecule has 0 radical (unpaired) electrons. The van der Waals surface area contributed by atoms with E-state index in [1.807, 2.05) is 12.1 Å². The van der Waals surface area contributed by atoms with Crippen molar-refractivity contribution < 1.29 is 9.53 Å². The first-order valence-corrected chi connectivity index (χ1v) is 9.10. The second-order valence-electron chi connectivity index (χ2n) is 7.23. The van der Waals surface area contributed by atoms with Crippen molar-refractivity contribution in [2.24, 2.45) is 17.8 Å². The van der Waals surface area contributed by atoms with E-state index < -0.39 is 0 Å². The number of amides is 1. The van der Waals surface area contributed by atoms with E-state index in [0.717, 1.165) is 12.5 Å². The minimum Gasteiger partial charge on any atom is -0.489 e. The Balaban J connectivity index is 1.52. The fourth-order valence-corrected chi connectivity index (χ4v) is 3.47. The van der Waals surface area contributed by atoms with E-state index in [1.165, 1.54) is 44.9 Å². The summed E-state index contributed by atoms with van der Waals surface area (Å²) in [6.45, 7) is 2.89. The van der Waals surface area contributed by atoms with Gasteiger partial charge >= 0.3 is 0 Å². The molecule has 23 heavy (non-hydrogen) atoms. The minimum absolute atomic E-state index is 0.0469. The van der Waals surface area contributed by atoms with Gasteiger partial charge in [0.15, 0.2) is 11.6 Å². The molecule has 2 aliphatic carbocycles. The smallest absolute Gasteiger partial charge is 0.225 e. The van der Waals surface area contributed by atoms with E-state index in [0.29, 0.717) is 29.8 Å². The maximum atomic E-state index is 12.2. The summed E-state index contributed by atoms with van der Waals surface area (Å²) in [5.41, 5.74) is 0. The summed E-state index contributed by atoms with van der Waals surface area (Å²) in [4.78, 5) is 16.5. The molecular formula is C19H28N2O2. The standard InChI is InChI=1S/C19H28N2O2/c1-14(16-9-10-16)12-18(22)21-19-17(8-5-11-20-19)23-13-15-6-3-2-4-7-15/h5,8,11,14-16H,2-4,6-7,9-10,12-13H2,1H3,(H,20,21,22). The number of anilines is 1. The van der Waals surface area contributed by atoms with Gasteiger partial charge in [-0.25, -0.2) is 4.98 Å². The van der Waals surface area contributed by atoms with Crippen LogP contribution in [0.2, 0.25) is 0 Å². The average molecular weight is 316 g/mol. The zero-order valence-electron chi connectivity index (χ0n) is 14.1. The predicted molar refractivity (Wildman–Crippen MR) is 91.4 cm³/mol. The number of carbonyl (C=O) groups is 1. The number of hydrogen-bond acceptors (Lipinski definition) is 3. The zero-order valence-corrected chi connectivity index (χ0v) is 14.1. The number of hydrogen-bond donors (Lipinski definition) is 1. The number of nitrogens with one attached hydrogen (secondary N) is 1. The van der Waals surface area contributed by atoms with Crippen molar-refractivity contribution in [1.82, 2.24) is 4.98 Å². The van der Waals surface area contributed by atoms with E-state index in [-0.39, 0.29) is 5.91 Å². The Hall–Kier alpha value is -1.58. The highest BCUT2D eigenvalue weighted by Crippen LogP contribution is 2.38. The normalized spacial score (nSPS) is 20.0. The number of ether oxygens (including phenoxy) is 1. The third-order valence-electron chi connectivity index (χ3n) is 5.16. The Morgan fingerprint density at radius 1 is 1.30 bits per heavy atom. The molecule has 2 fully saturated rings. The van der Waals surface area contributed by atoms with Crippen LogP contribution in [0.1, 0.15) is 58.3 Å². The Labute approximate surface area is 139 Å². The van der Waals surface area contributed by atoms with E-state index in [4.69, 9.17) is 4.74 Å². The minimum atomic E-state index is 0.0469. The second-order valence-corrected chi connectivity index (χ2v) is 7.23. The van der Waals surface area contributed by atoms with Gasteiger partial charge in [0.2, 0.25) is 5.91 Å². The largest absolute Gasteiger partial charge is 0.489 e. The van der Waals surface area contributed by atoms with Gasteiger partial charge in [0.05, 0.1) is 6.61 Å². The van der Waals surface area contributed by atoms with Crippen LogP contribution >= 0.6 is 0 Å². The monoisotopic (exact) mass is 316 g/mol. The summed E-state index contributed by atoms with van der Waals surface area (Å²) in [5.74, 6) is 3.16. The van der Waals surface area contributed by atoms with E-state index >= 15 is 0 Å². The molecule has 0 saturated heterocycles. The highest BCUT2D eigenvalue weighted by molar-refractivity contribution is 5.91. The maximum Gasteiger partial charge on any atom is 0.225 e. The van der Waals surface area contributed by atoms with Crippen molar-refractivity contribution in [3.63, 3.8) is 0 Å². The number of pyridine rings is 1. The van der Waals surface area contributed by atoms with Crippen LogP contribution in [0, 0.1) is 17.8 Å². The van der Waals surface area contributed by atoms with Crippen molar-refractivity contribution >= 4 is 11.7 Å². The van der Waals surface area contributed by atoms with Crippen LogP contribution in [0.3, 0.4) is 0 Å². The second kappa shape index (κ2) is 7.80. The molecular weight excluding hydrogens is 288 g/mol. The lowest BCUT2D eigenvalue weighted by molar-refractivity contribution is -0.117. The maximum absolute atomic E-state index is 12.2. The summed E-state index contributed by atoms with van der Waals surface area (Å²) in [6.07, 6.45) is 11.3. The predicted octanol–water partition coefficient (Wildman–Crippen LogP) is 4.42. The van der Waals surface area contributed by atoms with Gasteiger partial charge in [-0.2, -0.15) is 0 Å². The Morgan fingerprint density at radius 2 is 2.09 bits per heavy atom. The molecule has 0 aliphatic heterocycles. The van der Waals surface area contributed by atoms with Crippen LogP contribution in [0.4, 0.5) is 5.82 Å². The number of aromatic nitrogens is 1. The highest BCUT2D eigenvalue weighted by atomic mass is 16.5. The quantitative estimate of drug-likeness (QED) is 0.810. The molecule has 4 nitrogen and oxygen atoms in total. The average Bonchev–Trinajstić information content (AvgIpc) is 3.40. The molecule has 0 aromatic carbocycles. The highest BCUT2D eigenvalue weighted by Gasteiger charge is 2.29. The summed E-state index contributed by atoms with van der Waals surface area (Å²) < 4.78 is 5.97. The molecule has 0 bridgehead atoms. The lowest BCUT2D eigenvalue weighted by Gasteiger charge is -2.22. The molecule has 2 aliphatic rings. The van der Waals surface area contributed by atoms with Gasteiger partial charge in [0.25, 0.3) is 0 Å². The summed E-state index contributed by atoms with van der Waals surface area (Å²) in [6, 6.07) is 3.76. The van der Waals surface area contributed by atoms with E-state index in [2.05, 4.69) is 17.2 Å². The fourth-order valence-electron chi connectivity index (χ4n) is 3.47. The first-order chi connectivity index (χ1) is 11.2. The molecule has 1 heterocycles. The van der Waals surface area contributed by atoms with Gasteiger partial charge in [-0.15, -0.1) is 0 Å². The van der Waals surface area contributed by atoms with Crippen LogP contribution in [-0.2, 0) is 4.79 Å². The third-order valence-corrected chi connectivity index (χ3v) is 5.16. The van der Waals surface area contributed by atoms with Gasteiger partial charge in [0, 0.05) is 12.6 Å².